The summed E-state index contributed by atoms with van der Waals surface area (Å²) in [5.74, 6) is 0.852. The summed E-state index contributed by atoms with van der Waals surface area (Å²) in [4.78, 5) is 10.5. The molecule has 1 aromatic rings. The van der Waals surface area contributed by atoms with Gasteiger partial charge in [-0.2, -0.15) is 0 Å². The van der Waals surface area contributed by atoms with Crippen molar-refractivity contribution in [3.05, 3.63) is 23.8 Å². The Labute approximate surface area is 76.4 Å². The van der Waals surface area contributed by atoms with E-state index in [-0.39, 0.29) is 0 Å². The summed E-state index contributed by atoms with van der Waals surface area (Å²) in [5.41, 5.74) is 0.377. The quantitative estimate of drug-likeness (QED) is 0.537. The lowest BCUT2D eigenvalue weighted by Crippen LogP contribution is -2.00. The lowest BCUT2D eigenvalue weighted by Gasteiger charge is -2.05. The van der Waals surface area contributed by atoms with Crippen LogP contribution in [-0.2, 0) is 0 Å². The molecule has 0 fully saturated rings. The zero-order valence-electron chi connectivity index (χ0n) is 7.06. The fourth-order valence-corrected chi connectivity index (χ4v) is 0.939. The second-order valence-corrected chi connectivity index (χ2v) is 2.24. The predicted octanol–water partition coefficient (Wildman–Crippen LogP) is 0.413. The summed E-state index contributed by atoms with van der Waals surface area (Å²) in [6.07, 6.45) is 0.656. The number of ether oxygens (including phenoxy) is 1. The van der Waals surface area contributed by atoms with Gasteiger partial charge in [0.2, 0.25) is 0 Å². The van der Waals surface area contributed by atoms with Gasteiger partial charge in [-0.3, -0.25) is 4.79 Å². The van der Waals surface area contributed by atoms with Gasteiger partial charge in [-0.15, -0.1) is 0 Å². The maximum Gasteiger partial charge on any atom is 0.569 e. The molecule has 0 unspecified atom stereocenters. The van der Waals surface area contributed by atoms with Gasteiger partial charge in [0, 0.05) is 0 Å². The molecule has 0 saturated heterocycles. The highest BCUT2D eigenvalue weighted by atomic mass is 16.5. The van der Waals surface area contributed by atoms with Crippen LogP contribution in [0.15, 0.2) is 18.2 Å². The molecule has 1 aromatic carbocycles. The Morgan fingerprint density at radius 3 is 2.85 bits per heavy atom. The summed E-state index contributed by atoms with van der Waals surface area (Å²) in [7, 11) is 2.03. The van der Waals surface area contributed by atoms with Crippen LogP contribution in [0.5, 0.6) is 11.5 Å². The normalized spacial score (nSPS) is 9.08. The molecular formula is C8H8BO4. The van der Waals surface area contributed by atoms with E-state index in [2.05, 4.69) is 4.65 Å². The van der Waals surface area contributed by atoms with Crippen molar-refractivity contribution in [1.29, 1.82) is 0 Å². The minimum Gasteiger partial charge on any atom is -0.537 e. The largest absolute Gasteiger partial charge is 0.569 e. The van der Waals surface area contributed by atoms with Gasteiger partial charge in [0.05, 0.1) is 12.7 Å². The van der Waals surface area contributed by atoms with Crippen molar-refractivity contribution in [3.8, 4) is 11.5 Å². The van der Waals surface area contributed by atoms with Gasteiger partial charge in [-0.05, 0) is 18.2 Å². The van der Waals surface area contributed by atoms with Crippen molar-refractivity contribution in [1.82, 2.24) is 0 Å². The molecule has 5 heteroatoms. The molecule has 0 atom stereocenters. The van der Waals surface area contributed by atoms with Crippen LogP contribution in [0.2, 0.25) is 0 Å². The molecule has 0 aliphatic heterocycles. The average Bonchev–Trinajstić information content (AvgIpc) is 2.18. The van der Waals surface area contributed by atoms with Gasteiger partial charge in [0.1, 0.15) is 11.5 Å². The summed E-state index contributed by atoms with van der Waals surface area (Å²) < 4.78 is 9.57. The average molecular weight is 179 g/mol. The van der Waals surface area contributed by atoms with Gasteiger partial charge in [-0.1, -0.05) is 0 Å². The van der Waals surface area contributed by atoms with Gasteiger partial charge >= 0.3 is 7.69 Å². The van der Waals surface area contributed by atoms with Crippen LogP contribution >= 0.6 is 0 Å². The van der Waals surface area contributed by atoms with Crippen molar-refractivity contribution in [2.75, 3.05) is 7.11 Å². The smallest absolute Gasteiger partial charge is 0.537 e. The van der Waals surface area contributed by atoms with E-state index in [9.17, 15) is 4.79 Å². The van der Waals surface area contributed by atoms with Crippen molar-refractivity contribution >= 4 is 14.0 Å². The second kappa shape index (κ2) is 4.52. The molecule has 4 nitrogen and oxygen atoms in total. The van der Waals surface area contributed by atoms with Gasteiger partial charge in [0.25, 0.3) is 0 Å². The fourth-order valence-electron chi connectivity index (χ4n) is 0.939. The second-order valence-electron chi connectivity index (χ2n) is 2.24. The van der Waals surface area contributed by atoms with Crippen molar-refractivity contribution in [2.24, 2.45) is 0 Å². The molecule has 13 heavy (non-hydrogen) atoms. The van der Waals surface area contributed by atoms with Crippen LogP contribution in [0.25, 0.3) is 0 Å². The standard InChI is InChI=1S/C8H8BO4/c1-12-8-3-2-7(13-9-11)4-6(8)5-10/h2-5,11H,1H3. The Hall–Kier alpha value is -1.49. The van der Waals surface area contributed by atoms with E-state index in [0.717, 1.165) is 0 Å². The van der Waals surface area contributed by atoms with E-state index in [1.165, 1.54) is 13.2 Å². The van der Waals surface area contributed by atoms with Crippen LogP contribution < -0.4 is 9.39 Å². The third kappa shape index (κ3) is 2.22. The number of methoxy groups -OCH3 is 1. The molecule has 0 amide bonds. The Balaban J connectivity index is 2.98. The van der Waals surface area contributed by atoms with Crippen LogP contribution in [0.3, 0.4) is 0 Å². The third-order valence-corrected chi connectivity index (χ3v) is 1.52. The third-order valence-electron chi connectivity index (χ3n) is 1.52. The van der Waals surface area contributed by atoms with Crippen molar-refractivity contribution < 1.29 is 19.2 Å². The first-order chi connectivity index (χ1) is 6.31. The van der Waals surface area contributed by atoms with Gasteiger partial charge < -0.3 is 14.4 Å². The van der Waals surface area contributed by atoms with E-state index < -0.39 is 0 Å². The van der Waals surface area contributed by atoms with Crippen molar-refractivity contribution in [2.45, 2.75) is 0 Å². The minimum atomic E-state index is 0.377. The molecular weight excluding hydrogens is 171 g/mol. The van der Waals surface area contributed by atoms with E-state index in [1.807, 2.05) is 0 Å². The number of hydrogen-bond donors (Lipinski definition) is 1. The fraction of sp³-hybridized carbons (Fsp3) is 0.125. The molecule has 0 heterocycles. The Morgan fingerprint density at radius 1 is 1.54 bits per heavy atom. The van der Waals surface area contributed by atoms with Crippen LogP contribution in [0.1, 0.15) is 10.4 Å². The summed E-state index contributed by atoms with van der Waals surface area (Å²) in [6.45, 7) is 0. The van der Waals surface area contributed by atoms with Gasteiger partial charge in [-0.25, -0.2) is 0 Å². The highest BCUT2D eigenvalue weighted by Gasteiger charge is 2.03. The number of carbonyl (C=O) groups excluding carboxylic acids is 1. The van der Waals surface area contributed by atoms with Crippen LogP contribution in [0, 0.1) is 0 Å². The molecule has 1 rings (SSSR count). The molecule has 0 saturated carbocycles. The molecule has 0 aliphatic carbocycles. The number of rotatable bonds is 4. The molecule has 1 radical (unpaired) electrons. The summed E-state index contributed by atoms with van der Waals surface area (Å²) in [6, 6.07) is 4.64. The number of benzene rings is 1. The predicted molar refractivity (Wildman–Crippen MR) is 47.0 cm³/mol. The first-order valence-corrected chi connectivity index (χ1v) is 3.57. The maximum atomic E-state index is 10.5. The monoisotopic (exact) mass is 179 g/mol. The first kappa shape index (κ1) is 9.60. The lowest BCUT2D eigenvalue weighted by atomic mass is 10.2. The zero-order valence-corrected chi connectivity index (χ0v) is 7.06. The van der Waals surface area contributed by atoms with Gasteiger partial charge in [0.15, 0.2) is 6.29 Å². The van der Waals surface area contributed by atoms with Crippen LogP contribution in [0.4, 0.5) is 0 Å². The molecule has 1 N–H and O–H groups in total. The Kier molecular flexibility index (Phi) is 3.34. The molecule has 67 valence electrons. The zero-order chi connectivity index (χ0) is 9.68. The molecule has 0 spiro atoms. The van der Waals surface area contributed by atoms with Crippen LogP contribution in [-0.4, -0.2) is 26.1 Å². The summed E-state index contributed by atoms with van der Waals surface area (Å²) >= 11 is 0. The lowest BCUT2D eigenvalue weighted by molar-refractivity contribution is 0.112. The van der Waals surface area contributed by atoms with E-state index in [4.69, 9.17) is 9.76 Å². The van der Waals surface area contributed by atoms with E-state index >= 15 is 0 Å². The van der Waals surface area contributed by atoms with E-state index in [0.29, 0.717) is 31.0 Å². The SMILES string of the molecule is COc1ccc(O[B]O)cc1C=O. The number of carbonyl (C=O) groups is 1. The topological polar surface area (TPSA) is 55.8 Å². The number of hydrogen-bond acceptors (Lipinski definition) is 4. The number of aldehydes is 1. The van der Waals surface area contributed by atoms with E-state index in [1.54, 1.807) is 12.1 Å². The van der Waals surface area contributed by atoms with Crippen molar-refractivity contribution in [3.63, 3.8) is 0 Å². The molecule has 0 bridgehead atoms. The highest BCUT2D eigenvalue weighted by molar-refractivity contribution is 6.17. The highest BCUT2D eigenvalue weighted by Crippen LogP contribution is 2.21. The molecule has 0 aliphatic rings. The molecule has 0 aromatic heterocycles. The summed E-state index contributed by atoms with van der Waals surface area (Å²) in [5, 5.41) is 8.34. The first-order valence-electron chi connectivity index (χ1n) is 3.57. The Morgan fingerprint density at radius 2 is 2.31 bits per heavy atom. The minimum absolute atomic E-state index is 0.377. The Bertz CT molecular complexity index is 300. The maximum absolute atomic E-state index is 10.5.